The van der Waals surface area contributed by atoms with Crippen LogP contribution in [-0.4, -0.2) is 19.6 Å². The Balaban J connectivity index is 2.28. The van der Waals surface area contributed by atoms with Crippen LogP contribution in [0.3, 0.4) is 0 Å². The number of carbonyl (C=O) groups excluding carboxylic acids is 1. The van der Waals surface area contributed by atoms with E-state index in [9.17, 15) is 4.79 Å². The summed E-state index contributed by atoms with van der Waals surface area (Å²) in [5.74, 6) is 1.46. The molecule has 2 aromatic carbocycles. The normalized spacial score (nSPS) is 11.3. The maximum Gasteiger partial charge on any atom is 0.248 e. The molecule has 0 saturated carbocycles. The van der Waals surface area contributed by atoms with E-state index >= 15 is 0 Å². The van der Waals surface area contributed by atoms with Gasteiger partial charge >= 0.3 is 0 Å². The first-order valence-corrected chi connectivity index (χ1v) is 10.3. The van der Waals surface area contributed by atoms with Crippen LogP contribution < -0.4 is 14.8 Å². The molecule has 0 unspecified atom stereocenters. The number of para-hydroxylation sites is 1. The van der Waals surface area contributed by atoms with Crippen molar-refractivity contribution < 1.29 is 14.3 Å². The molecule has 0 atom stereocenters. The number of rotatable bonds is 8. The van der Waals surface area contributed by atoms with Crippen LogP contribution >= 0.6 is 11.6 Å². The van der Waals surface area contributed by atoms with Crippen molar-refractivity contribution in [3.05, 3.63) is 58.1 Å². The molecule has 1 amide bonds. The fraction of sp³-hybridized carbons (Fsp3) is 0.375. The highest BCUT2D eigenvalue weighted by Crippen LogP contribution is 2.37. The third-order valence-electron chi connectivity index (χ3n) is 4.59. The lowest BCUT2D eigenvalue weighted by atomic mass is 9.92. The van der Waals surface area contributed by atoms with Crippen molar-refractivity contribution in [2.75, 3.05) is 19.0 Å². The number of methoxy groups -OCH3 is 1. The first kappa shape index (κ1) is 22.8. The zero-order valence-corrected chi connectivity index (χ0v) is 18.8. The fourth-order valence-electron chi connectivity index (χ4n) is 3.15. The molecule has 2 rings (SSSR count). The number of ether oxygens (including phenoxy) is 2. The molecule has 5 heteroatoms. The lowest BCUT2D eigenvalue weighted by Gasteiger charge is -2.19. The van der Waals surface area contributed by atoms with Crippen molar-refractivity contribution in [2.45, 2.75) is 46.5 Å². The SMILES string of the molecule is CCOc1c(Cl)cc(/C=C/C(=O)Nc2c(C(C)C)cccc2C(C)C)cc1OC. The molecule has 0 fully saturated rings. The number of hydrogen-bond donors (Lipinski definition) is 1. The van der Waals surface area contributed by atoms with Gasteiger partial charge in [-0.3, -0.25) is 4.79 Å². The summed E-state index contributed by atoms with van der Waals surface area (Å²) in [6.07, 6.45) is 3.22. The summed E-state index contributed by atoms with van der Waals surface area (Å²) in [5.41, 5.74) is 3.91. The van der Waals surface area contributed by atoms with E-state index in [1.165, 1.54) is 6.08 Å². The van der Waals surface area contributed by atoms with Crippen LogP contribution in [-0.2, 0) is 4.79 Å². The Morgan fingerprint density at radius 3 is 2.28 bits per heavy atom. The topological polar surface area (TPSA) is 47.6 Å². The zero-order chi connectivity index (χ0) is 21.6. The summed E-state index contributed by atoms with van der Waals surface area (Å²) in [6, 6.07) is 9.72. The molecule has 4 nitrogen and oxygen atoms in total. The van der Waals surface area contributed by atoms with E-state index < -0.39 is 0 Å². The van der Waals surface area contributed by atoms with Gasteiger partial charge in [0, 0.05) is 11.8 Å². The maximum atomic E-state index is 12.7. The highest BCUT2D eigenvalue weighted by molar-refractivity contribution is 6.32. The molecule has 0 aliphatic heterocycles. The lowest BCUT2D eigenvalue weighted by Crippen LogP contribution is -2.13. The second kappa shape index (κ2) is 10.4. The maximum absolute atomic E-state index is 12.7. The van der Waals surface area contributed by atoms with Gasteiger partial charge in [0.05, 0.1) is 18.7 Å². The fourth-order valence-corrected chi connectivity index (χ4v) is 3.43. The third kappa shape index (κ3) is 5.77. The molecule has 0 aliphatic rings. The van der Waals surface area contributed by atoms with Gasteiger partial charge in [0.15, 0.2) is 11.5 Å². The van der Waals surface area contributed by atoms with Crippen molar-refractivity contribution >= 4 is 29.3 Å². The summed E-state index contributed by atoms with van der Waals surface area (Å²) in [6.45, 7) is 10.9. The zero-order valence-electron chi connectivity index (χ0n) is 18.0. The van der Waals surface area contributed by atoms with Crippen LogP contribution in [0.4, 0.5) is 5.69 Å². The van der Waals surface area contributed by atoms with E-state index in [1.54, 1.807) is 25.3 Å². The summed E-state index contributed by atoms with van der Waals surface area (Å²) < 4.78 is 10.9. The molecule has 1 N–H and O–H groups in total. The van der Waals surface area contributed by atoms with Gasteiger partial charge in [-0.25, -0.2) is 0 Å². The Hall–Kier alpha value is -2.46. The number of anilines is 1. The second-order valence-electron chi connectivity index (χ2n) is 7.41. The first-order chi connectivity index (χ1) is 13.8. The van der Waals surface area contributed by atoms with Crippen molar-refractivity contribution in [3.8, 4) is 11.5 Å². The molecule has 29 heavy (non-hydrogen) atoms. The van der Waals surface area contributed by atoms with Crippen LogP contribution in [0.15, 0.2) is 36.4 Å². The molecular formula is C24H30ClNO3. The number of nitrogens with one attached hydrogen (secondary N) is 1. The smallest absolute Gasteiger partial charge is 0.248 e. The molecule has 0 aromatic heterocycles. The Kier molecular flexibility index (Phi) is 8.15. The summed E-state index contributed by atoms with van der Waals surface area (Å²) in [7, 11) is 1.56. The summed E-state index contributed by atoms with van der Waals surface area (Å²) >= 11 is 6.31. The molecule has 0 aliphatic carbocycles. The summed E-state index contributed by atoms with van der Waals surface area (Å²) in [4.78, 5) is 12.7. The number of amides is 1. The standard InChI is InChI=1S/C24H30ClNO3/c1-7-29-24-20(25)13-17(14-21(24)28-6)11-12-22(27)26-23-18(15(2)3)9-8-10-19(23)16(4)5/h8-16H,7H2,1-6H3,(H,26,27)/b12-11+. The van der Waals surface area contributed by atoms with Gasteiger partial charge in [0.25, 0.3) is 0 Å². The molecule has 2 aromatic rings. The van der Waals surface area contributed by atoms with E-state index in [2.05, 4.69) is 45.1 Å². The Labute approximate surface area is 178 Å². The predicted octanol–water partition coefficient (Wildman–Crippen LogP) is 6.65. The van der Waals surface area contributed by atoms with E-state index in [-0.39, 0.29) is 5.91 Å². The molecule has 0 saturated heterocycles. The number of carbonyl (C=O) groups is 1. The summed E-state index contributed by atoms with van der Waals surface area (Å²) in [5, 5.41) is 3.52. The van der Waals surface area contributed by atoms with Gasteiger partial charge in [-0.15, -0.1) is 0 Å². The van der Waals surface area contributed by atoms with E-state index in [0.717, 1.165) is 22.4 Å². The van der Waals surface area contributed by atoms with Gasteiger partial charge in [-0.2, -0.15) is 0 Å². The van der Waals surface area contributed by atoms with Gasteiger partial charge in [-0.1, -0.05) is 57.5 Å². The minimum atomic E-state index is -0.191. The van der Waals surface area contributed by atoms with Crippen molar-refractivity contribution in [1.82, 2.24) is 0 Å². The largest absolute Gasteiger partial charge is 0.493 e. The van der Waals surface area contributed by atoms with Crippen LogP contribution in [0.25, 0.3) is 6.08 Å². The molecule has 0 spiro atoms. The van der Waals surface area contributed by atoms with Crippen LogP contribution in [0.2, 0.25) is 5.02 Å². The van der Waals surface area contributed by atoms with Gasteiger partial charge in [0.2, 0.25) is 5.91 Å². The molecule has 156 valence electrons. The van der Waals surface area contributed by atoms with Crippen molar-refractivity contribution in [2.24, 2.45) is 0 Å². The van der Waals surface area contributed by atoms with Gasteiger partial charge in [-0.05, 0) is 53.7 Å². The molecular weight excluding hydrogens is 386 g/mol. The van der Waals surface area contributed by atoms with Crippen molar-refractivity contribution in [1.29, 1.82) is 0 Å². The first-order valence-electron chi connectivity index (χ1n) is 9.90. The van der Waals surface area contributed by atoms with E-state index in [4.69, 9.17) is 21.1 Å². The second-order valence-corrected chi connectivity index (χ2v) is 7.82. The third-order valence-corrected chi connectivity index (χ3v) is 4.87. The Bertz CT molecular complexity index is 862. The number of hydrogen-bond acceptors (Lipinski definition) is 3. The average Bonchev–Trinajstić information content (AvgIpc) is 2.67. The van der Waals surface area contributed by atoms with Crippen LogP contribution in [0.1, 0.15) is 63.1 Å². The Morgan fingerprint density at radius 1 is 1.14 bits per heavy atom. The van der Waals surface area contributed by atoms with Crippen molar-refractivity contribution in [3.63, 3.8) is 0 Å². The van der Waals surface area contributed by atoms with Crippen LogP contribution in [0, 0.1) is 0 Å². The van der Waals surface area contributed by atoms with E-state index in [0.29, 0.717) is 35.0 Å². The minimum absolute atomic E-state index is 0.191. The monoisotopic (exact) mass is 415 g/mol. The average molecular weight is 416 g/mol. The molecule has 0 bridgehead atoms. The Morgan fingerprint density at radius 2 is 1.76 bits per heavy atom. The predicted molar refractivity (Wildman–Crippen MR) is 121 cm³/mol. The quantitative estimate of drug-likeness (QED) is 0.491. The molecule has 0 heterocycles. The molecule has 0 radical (unpaired) electrons. The number of benzene rings is 2. The van der Waals surface area contributed by atoms with Crippen LogP contribution in [0.5, 0.6) is 11.5 Å². The highest BCUT2D eigenvalue weighted by atomic mass is 35.5. The lowest BCUT2D eigenvalue weighted by molar-refractivity contribution is -0.111. The number of halogens is 1. The minimum Gasteiger partial charge on any atom is -0.493 e. The van der Waals surface area contributed by atoms with E-state index in [1.807, 2.05) is 13.0 Å². The highest BCUT2D eigenvalue weighted by Gasteiger charge is 2.15. The van der Waals surface area contributed by atoms with Gasteiger partial charge < -0.3 is 14.8 Å². The van der Waals surface area contributed by atoms with Gasteiger partial charge in [0.1, 0.15) is 0 Å².